The SMILES string of the molecule is CC1(O)C=CC=CC1(C#N)C(C)(C)c1ccccc1. The Bertz CT molecular complexity index is 561. The minimum atomic E-state index is -1.20. The molecule has 2 nitrogen and oxygen atoms in total. The predicted octanol–water partition coefficient (Wildman–Crippen LogP) is 3.35. The highest BCUT2D eigenvalue weighted by Gasteiger charge is 2.56. The molecule has 0 fully saturated rings. The molecule has 0 radical (unpaired) electrons. The number of aliphatic hydroxyl groups is 1. The van der Waals surface area contributed by atoms with E-state index in [2.05, 4.69) is 6.07 Å². The Morgan fingerprint density at radius 2 is 1.68 bits per heavy atom. The molecular weight excluding hydrogens is 234 g/mol. The van der Waals surface area contributed by atoms with Crippen LogP contribution >= 0.6 is 0 Å². The smallest absolute Gasteiger partial charge is 0.117 e. The first kappa shape index (κ1) is 13.6. The van der Waals surface area contributed by atoms with Crippen LogP contribution in [-0.2, 0) is 5.41 Å². The molecule has 2 atom stereocenters. The maximum atomic E-state index is 10.7. The van der Waals surface area contributed by atoms with Gasteiger partial charge >= 0.3 is 0 Å². The molecule has 1 aromatic rings. The van der Waals surface area contributed by atoms with Gasteiger partial charge in [-0.2, -0.15) is 5.26 Å². The minimum Gasteiger partial charge on any atom is -0.384 e. The summed E-state index contributed by atoms with van der Waals surface area (Å²) < 4.78 is 0. The minimum absolute atomic E-state index is 0.506. The highest BCUT2D eigenvalue weighted by molar-refractivity contribution is 5.43. The summed E-state index contributed by atoms with van der Waals surface area (Å²) in [4.78, 5) is 0. The number of nitriles is 1. The van der Waals surface area contributed by atoms with E-state index in [9.17, 15) is 10.4 Å². The highest BCUT2D eigenvalue weighted by Crippen LogP contribution is 2.51. The maximum Gasteiger partial charge on any atom is 0.117 e. The third-order valence-corrected chi connectivity index (χ3v) is 4.33. The summed E-state index contributed by atoms with van der Waals surface area (Å²) in [6, 6.07) is 12.2. The monoisotopic (exact) mass is 253 g/mol. The Balaban J connectivity index is 2.63. The average Bonchev–Trinajstić information content (AvgIpc) is 2.39. The fourth-order valence-electron chi connectivity index (χ4n) is 2.96. The summed E-state index contributed by atoms with van der Waals surface area (Å²) in [5, 5.41) is 20.5. The van der Waals surface area contributed by atoms with Gasteiger partial charge in [0, 0.05) is 5.41 Å². The molecule has 0 aliphatic heterocycles. The molecule has 19 heavy (non-hydrogen) atoms. The maximum absolute atomic E-state index is 10.7. The Morgan fingerprint density at radius 3 is 2.21 bits per heavy atom. The summed E-state index contributed by atoms with van der Waals surface area (Å²) >= 11 is 0. The van der Waals surface area contributed by atoms with Crippen LogP contribution in [0.15, 0.2) is 54.6 Å². The van der Waals surface area contributed by atoms with Crippen LogP contribution in [-0.4, -0.2) is 10.7 Å². The zero-order valence-corrected chi connectivity index (χ0v) is 11.6. The summed E-state index contributed by atoms with van der Waals surface area (Å²) in [6.07, 6.45) is 7.14. The normalized spacial score (nSPS) is 30.1. The van der Waals surface area contributed by atoms with E-state index in [1.807, 2.05) is 56.3 Å². The van der Waals surface area contributed by atoms with Gasteiger partial charge in [0.15, 0.2) is 0 Å². The van der Waals surface area contributed by atoms with E-state index in [1.165, 1.54) is 0 Å². The molecule has 0 aromatic heterocycles. The molecule has 1 aliphatic carbocycles. The van der Waals surface area contributed by atoms with E-state index in [0.717, 1.165) is 5.56 Å². The lowest BCUT2D eigenvalue weighted by Crippen LogP contribution is -2.54. The van der Waals surface area contributed by atoms with Crippen molar-refractivity contribution in [1.29, 1.82) is 5.26 Å². The molecule has 1 aromatic carbocycles. The van der Waals surface area contributed by atoms with Crippen LogP contribution in [0.1, 0.15) is 26.3 Å². The standard InChI is InChI=1S/C17H19NO/c1-15(2,14-9-5-4-6-10-14)17(13-18)12-8-7-11-16(17,3)19/h4-12,19H,1-3H3. The third kappa shape index (κ3) is 1.82. The van der Waals surface area contributed by atoms with Crippen molar-refractivity contribution < 1.29 is 5.11 Å². The Hall–Kier alpha value is -1.85. The second-order valence-corrected chi connectivity index (χ2v) is 5.78. The lowest BCUT2D eigenvalue weighted by atomic mass is 9.54. The van der Waals surface area contributed by atoms with Crippen LogP contribution in [0, 0.1) is 16.7 Å². The number of hydrogen-bond acceptors (Lipinski definition) is 2. The first-order valence-electron chi connectivity index (χ1n) is 6.44. The van der Waals surface area contributed by atoms with Gasteiger partial charge in [-0.3, -0.25) is 0 Å². The van der Waals surface area contributed by atoms with Gasteiger partial charge < -0.3 is 5.11 Å². The van der Waals surface area contributed by atoms with Crippen LogP contribution < -0.4 is 0 Å². The zero-order valence-electron chi connectivity index (χ0n) is 11.6. The summed E-state index contributed by atoms with van der Waals surface area (Å²) in [5.74, 6) is 0. The summed E-state index contributed by atoms with van der Waals surface area (Å²) in [5.41, 5.74) is -1.66. The van der Waals surface area contributed by atoms with Crippen LogP contribution in [0.3, 0.4) is 0 Å². The number of benzene rings is 1. The van der Waals surface area contributed by atoms with E-state index in [1.54, 1.807) is 19.1 Å². The number of hydrogen-bond donors (Lipinski definition) is 1. The molecule has 0 spiro atoms. The van der Waals surface area contributed by atoms with Crippen molar-refractivity contribution in [3.05, 3.63) is 60.2 Å². The molecule has 0 saturated heterocycles. The molecule has 2 unspecified atom stereocenters. The fourth-order valence-corrected chi connectivity index (χ4v) is 2.96. The van der Waals surface area contributed by atoms with Gasteiger partial charge in [0.25, 0.3) is 0 Å². The van der Waals surface area contributed by atoms with E-state index in [-0.39, 0.29) is 0 Å². The second-order valence-electron chi connectivity index (χ2n) is 5.78. The Morgan fingerprint density at radius 1 is 1.11 bits per heavy atom. The van der Waals surface area contributed by atoms with E-state index >= 15 is 0 Å². The van der Waals surface area contributed by atoms with Crippen molar-refractivity contribution in [2.24, 2.45) is 5.41 Å². The molecule has 98 valence electrons. The average molecular weight is 253 g/mol. The summed E-state index contributed by atoms with van der Waals surface area (Å²) in [6.45, 7) is 5.70. The number of allylic oxidation sites excluding steroid dienone is 2. The van der Waals surface area contributed by atoms with Gasteiger partial charge in [0.1, 0.15) is 11.0 Å². The van der Waals surface area contributed by atoms with Crippen molar-refractivity contribution >= 4 is 0 Å². The first-order valence-corrected chi connectivity index (χ1v) is 6.44. The second kappa shape index (κ2) is 4.36. The van der Waals surface area contributed by atoms with Crippen molar-refractivity contribution in [3.63, 3.8) is 0 Å². The molecule has 2 rings (SSSR count). The highest BCUT2D eigenvalue weighted by atomic mass is 16.3. The third-order valence-electron chi connectivity index (χ3n) is 4.33. The molecule has 0 heterocycles. The largest absolute Gasteiger partial charge is 0.384 e. The van der Waals surface area contributed by atoms with E-state index in [0.29, 0.717) is 0 Å². The van der Waals surface area contributed by atoms with Crippen molar-refractivity contribution in [3.8, 4) is 6.07 Å². The van der Waals surface area contributed by atoms with E-state index < -0.39 is 16.4 Å². The van der Waals surface area contributed by atoms with Crippen molar-refractivity contribution in [2.45, 2.75) is 31.8 Å². The van der Waals surface area contributed by atoms with Gasteiger partial charge in [-0.15, -0.1) is 0 Å². The van der Waals surface area contributed by atoms with Gasteiger partial charge in [-0.05, 0) is 12.5 Å². The molecular formula is C17H19NO. The molecule has 0 saturated carbocycles. The topological polar surface area (TPSA) is 44.0 Å². The zero-order chi connectivity index (χ0) is 14.1. The van der Waals surface area contributed by atoms with Crippen LogP contribution in [0.2, 0.25) is 0 Å². The van der Waals surface area contributed by atoms with Crippen LogP contribution in [0.4, 0.5) is 0 Å². The molecule has 1 N–H and O–H groups in total. The molecule has 0 amide bonds. The first-order chi connectivity index (χ1) is 8.87. The van der Waals surface area contributed by atoms with Gasteiger partial charge in [0.2, 0.25) is 0 Å². The van der Waals surface area contributed by atoms with Crippen molar-refractivity contribution in [2.75, 3.05) is 0 Å². The van der Waals surface area contributed by atoms with Gasteiger partial charge in [0.05, 0.1) is 6.07 Å². The summed E-state index contributed by atoms with van der Waals surface area (Å²) in [7, 11) is 0. The molecule has 0 bridgehead atoms. The molecule has 1 aliphatic rings. The lowest BCUT2D eigenvalue weighted by Gasteiger charge is -2.48. The van der Waals surface area contributed by atoms with Gasteiger partial charge in [-0.25, -0.2) is 0 Å². The number of rotatable bonds is 2. The van der Waals surface area contributed by atoms with Gasteiger partial charge in [-0.1, -0.05) is 68.5 Å². The molecule has 2 heteroatoms. The van der Waals surface area contributed by atoms with Crippen LogP contribution in [0.5, 0.6) is 0 Å². The quantitative estimate of drug-likeness (QED) is 0.878. The van der Waals surface area contributed by atoms with E-state index in [4.69, 9.17) is 0 Å². The number of nitrogens with zero attached hydrogens (tertiary/aromatic N) is 1. The van der Waals surface area contributed by atoms with Crippen LogP contribution in [0.25, 0.3) is 0 Å². The lowest BCUT2D eigenvalue weighted by molar-refractivity contribution is -0.00772. The predicted molar refractivity (Wildman–Crippen MR) is 76.4 cm³/mol. The van der Waals surface area contributed by atoms with Crippen molar-refractivity contribution in [1.82, 2.24) is 0 Å². The Labute approximate surface area is 114 Å². The fraction of sp³-hybridized carbons (Fsp3) is 0.353. The Kier molecular flexibility index (Phi) is 3.12.